The monoisotopic (exact) mass is 277 g/mol. The third-order valence-corrected chi connectivity index (χ3v) is 3.68. The molecule has 1 rings (SSSR count). The number of halogens is 2. The molecule has 1 unspecified atom stereocenters. The molecule has 0 radical (unpaired) electrons. The SMILES string of the molecule is CCC(CC)C(Cl)CNc1nc[nH]c(=O)c1Cl. The molecule has 0 fully saturated rings. The summed E-state index contributed by atoms with van der Waals surface area (Å²) in [7, 11) is 0. The zero-order valence-electron chi connectivity index (χ0n) is 9.96. The topological polar surface area (TPSA) is 57.8 Å². The zero-order chi connectivity index (χ0) is 12.8. The molecule has 6 heteroatoms. The van der Waals surface area contributed by atoms with Crippen molar-refractivity contribution in [3.63, 3.8) is 0 Å². The molecule has 96 valence electrons. The summed E-state index contributed by atoms with van der Waals surface area (Å²) in [6, 6.07) is 0. The molecular formula is C11H17Cl2N3O. The molecule has 1 aromatic rings. The van der Waals surface area contributed by atoms with Crippen molar-refractivity contribution < 1.29 is 0 Å². The van der Waals surface area contributed by atoms with E-state index in [9.17, 15) is 4.79 Å². The first-order chi connectivity index (χ1) is 8.10. The minimum Gasteiger partial charge on any atom is -0.367 e. The number of nitrogens with one attached hydrogen (secondary N) is 2. The fourth-order valence-electron chi connectivity index (χ4n) is 1.67. The summed E-state index contributed by atoms with van der Waals surface area (Å²) in [4.78, 5) is 17.6. The fourth-order valence-corrected chi connectivity index (χ4v) is 2.27. The first-order valence-corrected chi connectivity index (χ1v) is 6.52. The largest absolute Gasteiger partial charge is 0.367 e. The van der Waals surface area contributed by atoms with E-state index in [0.29, 0.717) is 18.3 Å². The van der Waals surface area contributed by atoms with Gasteiger partial charge in [-0.15, -0.1) is 11.6 Å². The van der Waals surface area contributed by atoms with Crippen LogP contribution in [0.3, 0.4) is 0 Å². The van der Waals surface area contributed by atoms with Crippen molar-refractivity contribution in [2.24, 2.45) is 5.92 Å². The van der Waals surface area contributed by atoms with Crippen molar-refractivity contribution in [3.8, 4) is 0 Å². The van der Waals surface area contributed by atoms with Gasteiger partial charge < -0.3 is 10.3 Å². The molecule has 0 aliphatic rings. The normalized spacial score (nSPS) is 12.8. The van der Waals surface area contributed by atoms with Gasteiger partial charge in [0.05, 0.1) is 11.7 Å². The summed E-state index contributed by atoms with van der Waals surface area (Å²) >= 11 is 12.1. The number of nitrogens with zero attached hydrogens (tertiary/aromatic N) is 1. The lowest BCUT2D eigenvalue weighted by molar-refractivity contribution is 0.475. The summed E-state index contributed by atoms with van der Waals surface area (Å²) in [5.74, 6) is 0.831. The highest BCUT2D eigenvalue weighted by atomic mass is 35.5. The average Bonchev–Trinajstić information content (AvgIpc) is 2.32. The third-order valence-electron chi connectivity index (χ3n) is 2.82. The van der Waals surface area contributed by atoms with E-state index in [1.165, 1.54) is 6.33 Å². The van der Waals surface area contributed by atoms with Gasteiger partial charge in [-0.2, -0.15) is 0 Å². The summed E-state index contributed by atoms with van der Waals surface area (Å²) < 4.78 is 0. The molecular weight excluding hydrogens is 261 g/mol. The van der Waals surface area contributed by atoms with Crippen LogP contribution < -0.4 is 10.9 Å². The Morgan fingerprint density at radius 2 is 2.12 bits per heavy atom. The molecule has 1 atom stereocenters. The highest BCUT2D eigenvalue weighted by Gasteiger charge is 2.16. The van der Waals surface area contributed by atoms with Crippen LogP contribution in [-0.4, -0.2) is 21.9 Å². The first-order valence-electron chi connectivity index (χ1n) is 5.71. The summed E-state index contributed by atoms with van der Waals surface area (Å²) in [5, 5.41) is 3.08. The summed E-state index contributed by atoms with van der Waals surface area (Å²) in [6.07, 6.45) is 3.38. The number of aromatic amines is 1. The smallest absolute Gasteiger partial charge is 0.271 e. The van der Waals surface area contributed by atoms with Crippen LogP contribution in [0, 0.1) is 5.92 Å². The van der Waals surface area contributed by atoms with E-state index in [1.807, 2.05) is 0 Å². The van der Waals surface area contributed by atoms with Crippen molar-refractivity contribution in [3.05, 3.63) is 21.7 Å². The maximum absolute atomic E-state index is 11.2. The minimum atomic E-state index is -0.349. The lowest BCUT2D eigenvalue weighted by Crippen LogP contribution is -2.24. The van der Waals surface area contributed by atoms with E-state index in [-0.39, 0.29) is 16.0 Å². The quantitative estimate of drug-likeness (QED) is 0.787. The van der Waals surface area contributed by atoms with Crippen LogP contribution in [-0.2, 0) is 0 Å². The average molecular weight is 278 g/mol. The predicted octanol–water partition coefficient (Wildman–Crippen LogP) is 2.88. The summed E-state index contributed by atoms with van der Waals surface area (Å²) in [6.45, 7) is 4.77. The molecule has 0 saturated carbocycles. The molecule has 0 saturated heterocycles. The van der Waals surface area contributed by atoms with Gasteiger partial charge in [-0.05, 0) is 5.92 Å². The fraction of sp³-hybridized carbons (Fsp3) is 0.636. The Hall–Kier alpha value is -0.740. The Labute approximate surface area is 111 Å². The van der Waals surface area contributed by atoms with E-state index in [0.717, 1.165) is 12.8 Å². The third kappa shape index (κ3) is 3.89. The highest BCUT2D eigenvalue weighted by molar-refractivity contribution is 6.32. The molecule has 0 aliphatic carbocycles. The second kappa shape index (κ2) is 6.87. The minimum absolute atomic E-state index is 0.00199. The second-order valence-electron chi connectivity index (χ2n) is 3.87. The van der Waals surface area contributed by atoms with E-state index in [4.69, 9.17) is 23.2 Å². The van der Waals surface area contributed by atoms with Crippen LogP contribution in [0.1, 0.15) is 26.7 Å². The van der Waals surface area contributed by atoms with Gasteiger partial charge >= 0.3 is 0 Å². The molecule has 2 N–H and O–H groups in total. The van der Waals surface area contributed by atoms with Crippen molar-refractivity contribution in [2.75, 3.05) is 11.9 Å². The molecule has 4 nitrogen and oxygen atoms in total. The molecule has 1 aromatic heterocycles. The van der Waals surface area contributed by atoms with Gasteiger partial charge in [0.2, 0.25) is 0 Å². The number of alkyl halides is 1. The number of hydrogen-bond donors (Lipinski definition) is 2. The number of rotatable bonds is 6. The summed E-state index contributed by atoms with van der Waals surface area (Å²) in [5.41, 5.74) is -0.349. The Morgan fingerprint density at radius 3 is 2.71 bits per heavy atom. The van der Waals surface area contributed by atoms with Crippen molar-refractivity contribution in [1.29, 1.82) is 0 Å². The Kier molecular flexibility index (Phi) is 5.78. The number of hydrogen-bond acceptors (Lipinski definition) is 3. The van der Waals surface area contributed by atoms with Crippen molar-refractivity contribution >= 4 is 29.0 Å². The van der Waals surface area contributed by atoms with Gasteiger partial charge in [-0.1, -0.05) is 38.3 Å². The lowest BCUT2D eigenvalue weighted by atomic mass is 9.99. The number of anilines is 1. The van der Waals surface area contributed by atoms with Gasteiger partial charge in [-0.25, -0.2) is 4.98 Å². The highest BCUT2D eigenvalue weighted by Crippen LogP contribution is 2.20. The van der Waals surface area contributed by atoms with E-state index < -0.39 is 0 Å². The zero-order valence-corrected chi connectivity index (χ0v) is 11.5. The van der Waals surface area contributed by atoms with Gasteiger partial charge in [0.15, 0.2) is 5.82 Å². The van der Waals surface area contributed by atoms with E-state index >= 15 is 0 Å². The molecule has 0 aliphatic heterocycles. The van der Waals surface area contributed by atoms with Crippen LogP contribution in [0.2, 0.25) is 5.02 Å². The van der Waals surface area contributed by atoms with Crippen molar-refractivity contribution in [1.82, 2.24) is 9.97 Å². The molecule has 0 bridgehead atoms. The van der Waals surface area contributed by atoms with Crippen LogP contribution in [0.5, 0.6) is 0 Å². The number of H-pyrrole nitrogens is 1. The van der Waals surface area contributed by atoms with Crippen LogP contribution >= 0.6 is 23.2 Å². The molecule has 1 heterocycles. The Balaban J connectivity index is 2.61. The van der Waals surface area contributed by atoms with E-state index in [1.54, 1.807) is 0 Å². The van der Waals surface area contributed by atoms with Gasteiger partial charge in [0.25, 0.3) is 5.56 Å². The van der Waals surface area contributed by atoms with Gasteiger partial charge in [-0.3, -0.25) is 4.79 Å². The maximum Gasteiger partial charge on any atom is 0.271 e. The lowest BCUT2D eigenvalue weighted by Gasteiger charge is -2.19. The second-order valence-corrected chi connectivity index (χ2v) is 4.81. The molecule has 0 aromatic carbocycles. The molecule has 17 heavy (non-hydrogen) atoms. The Bertz CT molecular complexity index is 404. The molecule has 0 amide bonds. The van der Waals surface area contributed by atoms with E-state index in [2.05, 4.69) is 29.1 Å². The maximum atomic E-state index is 11.2. The van der Waals surface area contributed by atoms with Crippen LogP contribution in [0.25, 0.3) is 0 Å². The number of aromatic nitrogens is 2. The molecule has 0 spiro atoms. The Morgan fingerprint density at radius 1 is 1.47 bits per heavy atom. The first kappa shape index (κ1) is 14.3. The van der Waals surface area contributed by atoms with Crippen LogP contribution in [0.4, 0.5) is 5.82 Å². The van der Waals surface area contributed by atoms with Crippen LogP contribution in [0.15, 0.2) is 11.1 Å². The predicted molar refractivity (Wildman–Crippen MR) is 72.1 cm³/mol. The standard InChI is InChI=1S/C11H17Cl2N3O/c1-3-7(4-2)8(12)5-14-10-9(13)11(17)16-6-15-10/h6-8H,3-5H2,1-2H3,(H2,14,15,16,17). The van der Waals surface area contributed by atoms with Gasteiger partial charge in [0.1, 0.15) is 5.02 Å². The van der Waals surface area contributed by atoms with Crippen molar-refractivity contribution in [2.45, 2.75) is 32.1 Å². The van der Waals surface area contributed by atoms with Gasteiger partial charge in [0, 0.05) is 6.54 Å².